The van der Waals surface area contributed by atoms with Crippen molar-refractivity contribution in [3.8, 4) is 0 Å². The van der Waals surface area contributed by atoms with Gasteiger partial charge in [0.25, 0.3) is 15.9 Å². The van der Waals surface area contributed by atoms with Gasteiger partial charge in [0.2, 0.25) is 0 Å². The fraction of sp³-hybridized carbons (Fsp3) is 0.217. The Balaban J connectivity index is 1.49. The van der Waals surface area contributed by atoms with Gasteiger partial charge in [-0.05, 0) is 61.2 Å². The van der Waals surface area contributed by atoms with Crippen molar-refractivity contribution in [2.75, 3.05) is 22.3 Å². The molecule has 5 rings (SSSR count). The fourth-order valence-corrected chi connectivity index (χ4v) is 5.78. The maximum Gasteiger partial charge on any atom is 0.264 e. The van der Waals surface area contributed by atoms with Crippen LogP contribution in [0.15, 0.2) is 71.8 Å². The van der Waals surface area contributed by atoms with Crippen LogP contribution in [0.3, 0.4) is 0 Å². The summed E-state index contributed by atoms with van der Waals surface area (Å²) in [5.74, 6) is -0.206. The molecule has 0 radical (unpaired) electrons. The number of aryl methyl sites for hydroxylation is 1. The summed E-state index contributed by atoms with van der Waals surface area (Å²) in [6, 6.07) is 17.6. The predicted octanol–water partition coefficient (Wildman–Crippen LogP) is 3.43. The molecule has 0 bridgehead atoms. The van der Waals surface area contributed by atoms with Crippen LogP contribution in [0.2, 0.25) is 0 Å². The number of amides is 1. The Hall–Kier alpha value is -3.19. The Morgan fingerprint density at radius 1 is 0.900 bits per heavy atom. The summed E-state index contributed by atoms with van der Waals surface area (Å²) in [5, 5.41) is 0. The summed E-state index contributed by atoms with van der Waals surface area (Å²) >= 11 is 0. The van der Waals surface area contributed by atoms with E-state index in [-0.39, 0.29) is 10.8 Å². The van der Waals surface area contributed by atoms with E-state index >= 15 is 0 Å². The first-order valence-corrected chi connectivity index (χ1v) is 11.5. The van der Waals surface area contributed by atoms with E-state index in [1.54, 1.807) is 29.3 Å². The second kappa shape index (κ2) is 7.25. The molecule has 152 valence electrons. The van der Waals surface area contributed by atoms with Gasteiger partial charge in [-0.1, -0.05) is 24.3 Å². The van der Waals surface area contributed by atoms with Gasteiger partial charge in [0.05, 0.1) is 22.0 Å². The molecule has 0 fully saturated rings. The lowest BCUT2D eigenvalue weighted by molar-refractivity contribution is 0.0984. The van der Waals surface area contributed by atoms with Crippen molar-refractivity contribution < 1.29 is 13.2 Å². The zero-order valence-corrected chi connectivity index (χ0v) is 17.2. The molecule has 0 atom stereocenters. The quantitative estimate of drug-likeness (QED) is 0.652. The predicted molar refractivity (Wildman–Crippen MR) is 115 cm³/mol. The first-order valence-electron chi connectivity index (χ1n) is 10.0. The molecule has 0 N–H and O–H groups in total. The lowest BCUT2D eigenvalue weighted by atomic mass is 10.1. The van der Waals surface area contributed by atoms with Crippen LogP contribution in [-0.4, -0.2) is 32.4 Å². The molecule has 7 heteroatoms. The maximum atomic E-state index is 13.3. The number of sulfonamides is 1. The highest BCUT2D eigenvalue weighted by Crippen LogP contribution is 2.33. The number of fused-ring (bicyclic) bond motifs is 2. The van der Waals surface area contributed by atoms with Gasteiger partial charge in [-0.25, -0.2) is 8.42 Å². The topological polar surface area (TPSA) is 70.6 Å². The van der Waals surface area contributed by atoms with Gasteiger partial charge in [0, 0.05) is 24.8 Å². The Morgan fingerprint density at radius 2 is 1.73 bits per heavy atom. The molecule has 0 saturated heterocycles. The fourth-order valence-electron chi connectivity index (χ4n) is 4.23. The summed E-state index contributed by atoms with van der Waals surface area (Å²) in [6.07, 6.45) is 4.08. The van der Waals surface area contributed by atoms with Crippen LogP contribution in [0.1, 0.15) is 28.0 Å². The third-order valence-corrected chi connectivity index (χ3v) is 7.52. The van der Waals surface area contributed by atoms with Crippen LogP contribution < -0.4 is 9.21 Å². The molecule has 1 amide bonds. The second-order valence-electron chi connectivity index (χ2n) is 7.51. The molecule has 6 nitrogen and oxygen atoms in total. The van der Waals surface area contributed by atoms with Crippen molar-refractivity contribution in [2.24, 2.45) is 0 Å². The van der Waals surface area contributed by atoms with Gasteiger partial charge in [0.15, 0.2) is 0 Å². The van der Waals surface area contributed by atoms with Crippen molar-refractivity contribution in [1.82, 2.24) is 4.98 Å². The van der Waals surface area contributed by atoms with Crippen molar-refractivity contribution in [1.29, 1.82) is 0 Å². The number of hydrogen-bond donors (Lipinski definition) is 0. The van der Waals surface area contributed by atoms with Crippen LogP contribution in [0.5, 0.6) is 0 Å². The summed E-state index contributed by atoms with van der Waals surface area (Å²) in [6.45, 7) is 0.999. The van der Waals surface area contributed by atoms with E-state index in [2.05, 4.69) is 4.98 Å². The van der Waals surface area contributed by atoms with E-state index in [0.29, 0.717) is 30.8 Å². The number of benzene rings is 2. The van der Waals surface area contributed by atoms with Gasteiger partial charge in [-0.2, -0.15) is 0 Å². The second-order valence-corrected chi connectivity index (χ2v) is 9.38. The van der Waals surface area contributed by atoms with Crippen LogP contribution in [-0.2, 0) is 22.9 Å². The Bertz CT molecular complexity index is 1240. The molecule has 2 aliphatic rings. The molecule has 2 aromatic carbocycles. The number of pyridine rings is 1. The van der Waals surface area contributed by atoms with Crippen molar-refractivity contribution in [3.63, 3.8) is 0 Å². The monoisotopic (exact) mass is 419 g/mol. The van der Waals surface area contributed by atoms with E-state index < -0.39 is 10.0 Å². The zero-order chi connectivity index (χ0) is 20.7. The molecule has 1 aromatic heterocycles. The minimum atomic E-state index is -3.75. The minimum absolute atomic E-state index is 0.133. The van der Waals surface area contributed by atoms with Crippen LogP contribution in [0, 0.1) is 0 Å². The average Bonchev–Trinajstić information content (AvgIpc) is 3.23. The summed E-state index contributed by atoms with van der Waals surface area (Å²) in [5.41, 5.74) is 3.79. The van der Waals surface area contributed by atoms with Gasteiger partial charge in [-0.15, -0.1) is 0 Å². The molecule has 0 saturated carbocycles. The van der Waals surface area contributed by atoms with Crippen LogP contribution >= 0.6 is 0 Å². The first-order chi connectivity index (χ1) is 14.6. The van der Waals surface area contributed by atoms with E-state index in [9.17, 15) is 13.2 Å². The van der Waals surface area contributed by atoms with Gasteiger partial charge >= 0.3 is 0 Å². The summed E-state index contributed by atoms with van der Waals surface area (Å²) in [4.78, 5) is 19.5. The Kier molecular flexibility index (Phi) is 4.55. The number of carbonyl (C=O) groups excluding carboxylic acids is 1. The lowest BCUT2D eigenvalue weighted by Gasteiger charge is -2.29. The third kappa shape index (κ3) is 3.06. The molecule has 2 aliphatic heterocycles. The van der Waals surface area contributed by atoms with Crippen LogP contribution in [0.25, 0.3) is 0 Å². The lowest BCUT2D eigenvalue weighted by Crippen LogP contribution is -2.36. The molecule has 30 heavy (non-hydrogen) atoms. The first kappa shape index (κ1) is 18.8. The molecule has 0 unspecified atom stereocenters. The van der Waals surface area contributed by atoms with Crippen LogP contribution in [0.4, 0.5) is 11.4 Å². The van der Waals surface area contributed by atoms with E-state index in [1.807, 2.05) is 36.4 Å². The highest BCUT2D eigenvalue weighted by Gasteiger charge is 2.31. The number of rotatable bonds is 3. The zero-order valence-electron chi connectivity index (χ0n) is 16.4. The third-order valence-electron chi connectivity index (χ3n) is 5.71. The molecule has 3 heterocycles. The molecule has 0 spiro atoms. The number of para-hydroxylation sites is 1. The van der Waals surface area contributed by atoms with E-state index in [4.69, 9.17) is 0 Å². The minimum Gasteiger partial charge on any atom is -0.307 e. The largest absolute Gasteiger partial charge is 0.307 e. The molecular formula is C23H21N3O3S. The summed E-state index contributed by atoms with van der Waals surface area (Å²) < 4.78 is 28.1. The Labute approximate surface area is 175 Å². The number of hydrogen-bond acceptors (Lipinski definition) is 4. The number of carbonyl (C=O) groups is 1. The van der Waals surface area contributed by atoms with Gasteiger partial charge in [-0.3, -0.25) is 14.1 Å². The van der Waals surface area contributed by atoms with Gasteiger partial charge in [0.1, 0.15) is 0 Å². The summed E-state index contributed by atoms with van der Waals surface area (Å²) in [7, 11) is -3.75. The number of nitrogens with zero attached hydrogens (tertiary/aromatic N) is 3. The molecule has 0 aliphatic carbocycles. The average molecular weight is 420 g/mol. The molecular weight excluding hydrogens is 398 g/mol. The standard InChI is InChI=1S/C23H21N3O3S/c27-23(25-14-5-9-20-22(25)11-4-13-24-20)18-7-3-8-19(16-18)30(28,29)26-15-12-17-6-1-2-10-21(17)26/h1-4,6-8,10-11,13,16H,5,9,12,14-15H2. The molecule has 3 aromatic rings. The van der Waals surface area contributed by atoms with Crippen molar-refractivity contribution >= 4 is 27.3 Å². The SMILES string of the molecule is O=C(c1cccc(S(=O)(=O)N2CCc3ccccc32)c1)N1CCCc2ncccc21. The normalized spacial score (nSPS) is 15.6. The number of aromatic nitrogens is 1. The smallest absolute Gasteiger partial charge is 0.264 e. The highest BCUT2D eigenvalue weighted by molar-refractivity contribution is 7.92. The van der Waals surface area contributed by atoms with E-state index in [1.165, 1.54) is 10.4 Å². The maximum absolute atomic E-state index is 13.3. The van der Waals surface area contributed by atoms with Crippen molar-refractivity contribution in [2.45, 2.75) is 24.2 Å². The number of anilines is 2. The Morgan fingerprint density at radius 3 is 2.63 bits per heavy atom. The van der Waals surface area contributed by atoms with Crippen molar-refractivity contribution in [3.05, 3.63) is 83.7 Å². The highest BCUT2D eigenvalue weighted by atomic mass is 32.2. The van der Waals surface area contributed by atoms with E-state index in [0.717, 1.165) is 29.8 Å². The van der Waals surface area contributed by atoms with Gasteiger partial charge < -0.3 is 4.90 Å².